The van der Waals surface area contributed by atoms with Crippen LogP contribution in [0, 0.1) is 5.92 Å². The molecule has 6 N–H and O–H groups in total. The van der Waals surface area contributed by atoms with E-state index in [4.69, 9.17) is 5.73 Å². The Labute approximate surface area is 175 Å². The molecule has 9 nitrogen and oxygen atoms in total. The first kappa shape index (κ1) is 26.5. The quantitative estimate of drug-likeness (QED) is 0.215. The summed E-state index contributed by atoms with van der Waals surface area (Å²) in [6.07, 6.45) is 2.43. The van der Waals surface area contributed by atoms with E-state index in [9.17, 15) is 24.3 Å². The SMILES string of the molecule is CSCCC(NC(=O)C(CC(C)C)NC(=O)C(CS)NC(=O)C(C)N)C(=O)O. The number of aliphatic carboxylic acids is 1. The summed E-state index contributed by atoms with van der Waals surface area (Å²) in [6, 6.07) is -3.73. The Morgan fingerprint density at radius 2 is 1.46 bits per heavy atom. The summed E-state index contributed by atoms with van der Waals surface area (Å²) in [4.78, 5) is 48.2. The van der Waals surface area contributed by atoms with Crippen LogP contribution in [0.3, 0.4) is 0 Å². The van der Waals surface area contributed by atoms with Crippen LogP contribution in [0.4, 0.5) is 0 Å². The second-order valence-corrected chi connectivity index (χ2v) is 8.25. The van der Waals surface area contributed by atoms with Crippen molar-refractivity contribution in [2.45, 2.75) is 57.8 Å². The van der Waals surface area contributed by atoms with Crippen molar-refractivity contribution >= 4 is 48.1 Å². The number of nitrogens with two attached hydrogens (primary N) is 1. The van der Waals surface area contributed by atoms with Gasteiger partial charge < -0.3 is 26.8 Å². The third-order valence-electron chi connectivity index (χ3n) is 3.79. The van der Waals surface area contributed by atoms with Crippen molar-refractivity contribution in [2.75, 3.05) is 17.8 Å². The highest BCUT2D eigenvalue weighted by Crippen LogP contribution is 2.08. The molecule has 162 valence electrons. The predicted molar refractivity (Wildman–Crippen MR) is 113 cm³/mol. The first-order chi connectivity index (χ1) is 13.0. The topological polar surface area (TPSA) is 151 Å². The standard InChI is InChI=1S/C17H32N4O5S2/c1-9(2)7-12(15(23)19-11(17(25)26)5-6-28-4)20-16(24)13(8-27)21-14(22)10(3)18/h9-13,27H,5-8,18H2,1-4H3,(H,19,23)(H,20,24)(H,21,22)(H,25,26). The third kappa shape index (κ3) is 10.2. The van der Waals surface area contributed by atoms with E-state index in [1.165, 1.54) is 18.7 Å². The minimum Gasteiger partial charge on any atom is -0.480 e. The van der Waals surface area contributed by atoms with Gasteiger partial charge in [-0.3, -0.25) is 14.4 Å². The summed E-state index contributed by atoms with van der Waals surface area (Å²) < 4.78 is 0. The van der Waals surface area contributed by atoms with E-state index >= 15 is 0 Å². The molecule has 28 heavy (non-hydrogen) atoms. The molecule has 4 atom stereocenters. The van der Waals surface area contributed by atoms with Gasteiger partial charge in [-0.2, -0.15) is 24.4 Å². The number of hydrogen-bond acceptors (Lipinski definition) is 7. The Kier molecular flexibility index (Phi) is 13.0. The van der Waals surface area contributed by atoms with Crippen LogP contribution in [-0.2, 0) is 19.2 Å². The molecule has 0 aromatic carbocycles. The lowest BCUT2D eigenvalue weighted by atomic mass is 10.0. The molecule has 11 heteroatoms. The lowest BCUT2D eigenvalue weighted by Crippen LogP contribution is -2.57. The van der Waals surface area contributed by atoms with Crippen molar-refractivity contribution in [3.8, 4) is 0 Å². The minimum atomic E-state index is -1.13. The lowest BCUT2D eigenvalue weighted by molar-refractivity contribution is -0.142. The van der Waals surface area contributed by atoms with Crippen LogP contribution >= 0.6 is 24.4 Å². The van der Waals surface area contributed by atoms with E-state index < -0.39 is 47.9 Å². The predicted octanol–water partition coefficient (Wildman–Crippen LogP) is -0.398. The summed E-state index contributed by atoms with van der Waals surface area (Å²) in [5.74, 6) is -2.14. The number of carbonyl (C=O) groups is 4. The number of carboxylic acids is 1. The molecule has 0 aromatic heterocycles. The van der Waals surface area contributed by atoms with Crippen LogP contribution in [0.1, 0.15) is 33.6 Å². The molecule has 0 heterocycles. The molecule has 0 bridgehead atoms. The van der Waals surface area contributed by atoms with Crippen molar-refractivity contribution in [3.63, 3.8) is 0 Å². The van der Waals surface area contributed by atoms with Gasteiger partial charge in [0.05, 0.1) is 6.04 Å². The van der Waals surface area contributed by atoms with Gasteiger partial charge in [0.2, 0.25) is 17.7 Å². The average molecular weight is 437 g/mol. The van der Waals surface area contributed by atoms with Crippen molar-refractivity contribution in [3.05, 3.63) is 0 Å². The Morgan fingerprint density at radius 1 is 0.964 bits per heavy atom. The molecule has 0 aliphatic carbocycles. The van der Waals surface area contributed by atoms with Crippen LogP contribution in [0.2, 0.25) is 0 Å². The van der Waals surface area contributed by atoms with Crippen LogP contribution in [0.25, 0.3) is 0 Å². The van der Waals surface area contributed by atoms with Gasteiger partial charge in [-0.15, -0.1) is 0 Å². The van der Waals surface area contributed by atoms with Crippen LogP contribution in [-0.4, -0.2) is 70.7 Å². The number of amides is 3. The average Bonchev–Trinajstić information content (AvgIpc) is 2.61. The monoisotopic (exact) mass is 436 g/mol. The molecule has 0 aromatic rings. The molecule has 0 aliphatic rings. The van der Waals surface area contributed by atoms with Gasteiger partial charge in [0.15, 0.2) is 0 Å². The maximum atomic E-state index is 12.6. The van der Waals surface area contributed by atoms with Gasteiger partial charge in [-0.05, 0) is 37.7 Å². The van der Waals surface area contributed by atoms with Crippen molar-refractivity contribution in [1.29, 1.82) is 0 Å². The molecule has 0 spiro atoms. The van der Waals surface area contributed by atoms with Gasteiger partial charge >= 0.3 is 5.97 Å². The molecule has 0 fully saturated rings. The fourth-order valence-corrected chi connectivity index (χ4v) is 2.97. The van der Waals surface area contributed by atoms with Gasteiger partial charge in [0.25, 0.3) is 0 Å². The fraction of sp³-hybridized carbons (Fsp3) is 0.765. The lowest BCUT2D eigenvalue weighted by Gasteiger charge is -2.25. The van der Waals surface area contributed by atoms with Crippen molar-refractivity contribution in [1.82, 2.24) is 16.0 Å². The van der Waals surface area contributed by atoms with Crippen molar-refractivity contribution in [2.24, 2.45) is 11.7 Å². The smallest absolute Gasteiger partial charge is 0.326 e. The highest BCUT2D eigenvalue weighted by Gasteiger charge is 2.29. The van der Waals surface area contributed by atoms with E-state index in [0.29, 0.717) is 12.2 Å². The van der Waals surface area contributed by atoms with Gasteiger partial charge in [0.1, 0.15) is 18.1 Å². The van der Waals surface area contributed by atoms with E-state index in [-0.39, 0.29) is 18.1 Å². The van der Waals surface area contributed by atoms with Crippen LogP contribution < -0.4 is 21.7 Å². The fourth-order valence-electron chi connectivity index (χ4n) is 2.24. The number of carboxylic acid groups (broad SMARTS) is 1. The molecule has 4 unspecified atom stereocenters. The third-order valence-corrected chi connectivity index (χ3v) is 4.80. The Morgan fingerprint density at radius 3 is 1.89 bits per heavy atom. The van der Waals surface area contributed by atoms with E-state index in [2.05, 4.69) is 28.6 Å². The van der Waals surface area contributed by atoms with E-state index in [1.54, 1.807) is 0 Å². The number of thioether (sulfide) groups is 1. The zero-order chi connectivity index (χ0) is 21.9. The van der Waals surface area contributed by atoms with Gasteiger partial charge in [-0.1, -0.05) is 13.8 Å². The molecule has 0 radical (unpaired) electrons. The number of hydrogen-bond donors (Lipinski definition) is 6. The number of nitrogens with one attached hydrogen (secondary N) is 3. The molecular formula is C17H32N4O5S2. The highest BCUT2D eigenvalue weighted by molar-refractivity contribution is 7.98. The maximum Gasteiger partial charge on any atom is 0.326 e. The minimum absolute atomic E-state index is 0.0196. The molecule has 0 rings (SSSR count). The molecule has 0 aliphatic heterocycles. The summed E-state index contributed by atoms with van der Waals surface area (Å²) in [5, 5.41) is 16.8. The summed E-state index contributed by atoms with van der Waals surface area (Å²) in [6.45, 7) is 5.24. The summed E-state index contributed by atoms with van der Waals surface area (Å²) in [5.41, 5.74) is 5.49. The Balaban J connectivity index is 5.17. The molecular weight excluding hydrogens is 404 g/mol. The normalized spacial score (nSPS) is 15.2. The largest absolute Gasteiger partial charge is 0.480 e. The van der Waals surface area contributed by atoms with Gasteiger partial charge in [0, 0.05) is 5.75 Å². The summed E-state index contributed by atoms with van der Waals surface area (Å²) >= 11 is 5.54. The Hall–Kier alpha value is -1.46. The number of thiol groups is 1. The van der Waals surface area contributed by atoms with Gasteiger partial charge in [-0.25, -0.2) is 4.79 Å². The molecule has 3 amide bonds. The molecule has 0 saturated carbocycles. The maximum absolute atomic E-state index is 12.6. The Bertz CT molecular complexity index is 546. The first-order valence-electron chi connectivity index (χ1n) is 9.02. The second kappa shape index (κ2) is 13.7. The second-order valence-electron chi connectivity index (χ2n) is 6.90. The van der Waals surface area contributed by atoms with Crippen LogP contribution in [0.5, 0.6) is 0 Å². The number of carbonyl (C=O) groups excluding carboxylic acids is 3. The van der Waals surface area contributed by atoms with E-state index in [1.807, 2.05) is 20.1 Å². The number of rotatable bonds is 13. The van der Waals surface area contributed by atoms with E-state index in [0.717, 1.165) is 0 Å². The van der Waals surface area contributed by atoms with Crippen LogP contribution in [0.15, 0.2) is 0 Å². The van der Waals surface area contributed by atoms with Crippen molar-refractivity contribution < 1.29 is 24.3 Å². The molecule has 0 saturated heterocycles. The summed E-state index contributed by atoms with van der Waals surface area (Å²) in [7, 11) is 0. The highest BCUT2D eigenvalue weighted by atomic mass is 32.2. The zero-order valence-corrected chi connectivity index (χ0v) is 18.4. The first-order valence-corrected chi connectivity index (χ1v) is 11.0. The zero-order valence-electron chi connectivity index (χ0n) is 16.7.